The van der Waals surface area contributed by atoms with Crippen LogP contribution in [0.2, 0.25) is 0 Å². The minimum Gasteiger partial charge on any atom is -0.478 e. The predicted octanol–water partition coefficient (Wildman–Crippen LogP) is 3.30. The van der Waals surface area contributed by atoms with Gasteiger partial charge in [-0.25, -0.2) is 9.59 Å². The van der Waals surface area contributed by atoms with E-state index in [1.807, 2.05) is 30.3 Å². The molecule has 5 heteroatoms. The van der Waals surface area contributed by atoms with E-state index in [-0.39, 0.29) is 6.10 Å². The second-order valence-corrected chi connectivity index (χ2v) is 5.37. The fourth-order valence-electron chi connectivity index (χ4n) is 1.58. The van der Waals surface area contributed by atoms with Crippen molar-refractivity contribution in [1.29, 1.82) is 0 Å². The number of carboxylic acid groups (broad SMARTS) is 1. The van der Waals surface area contributed by atoms with Gasteiger partial charge in [0.05, 0.1) is 0 Å². The number of esters is 1. The molecule has 0 aliphatic rings. The van der Waals surface area contributed by atoms with Crippen molar-refractivity contribution in [3.05, 3.63) is 55.1 Å². The molecule has 0 aliphatic heterocycles. The number of rotatable bonds is 9. The molecule has 1 aromatic rings. The first kappa shape index (κ1) is 17.0. The van der Waals surface area contributed by atoms with Crippen LogP contribution < -0.4 is 0 Å². The summed E-state index contributed by atoms with van der Waals surface area (Å²) >= 11 is 1.68. The molecule has 0 radical (unpaired) electrons. The van der Waals surface area contributed by atoms with Crippen molar-refractivity contribution >= 4 is 23.7 Å². The van der Waals surface area contributed by atoms with Crippen molar-refractivity contribution in [1.82, 2.24) is 0 Å². The summed E-state index contributed by atoms with van der Waals surface area (Å²) in [5.74, 6) is -1.01. The van der Waals surface area contributed by atoms with Gasteiger partial charge in [0, 0.05) is 29.2 Å². The van der Waals surface area contributed by atoms with Crippen molar-refractivity contribution in [3.8, 4) is 0 Å². The van der Waals surface area contributed by atoms with Gasteiger partial charge in [-0.15, -0.1) is 18.3 Å². The standard InChI is InChI=1S/C16H18O4S/c1-2-6-13(20-16(19)10-9-15(17)18)11-12-21-14-7-4-3-5-8-14/h2-5,7-10,13H,1,6,11-12H2,(H,17,18)/b10-9-. The molecule has 0 amide bonds. The molecule has 0 aliphatic carbocycles. The van der Waals surface area contributed by atoms with Gasteiger partial charge in [0.2, 0.25) is 0 Å². The molecule has 1 aromatic carbocycles. The van der Waals surface area contributed by atoms with Gasteiger partial charge in [-0.3, -0.25) is 0 Å². The first-order valence-corrected chi connectivity index (χ1v) is 7.50. The lowest BCUT2D eigenvalue weighted by molar-refractivity contribution is -0.143. The zero-order valence-corrected chi connectivity index (χ0v) is 12.4. The average Bonchev–Trinajstić information content (AvgIpc) is 2.46. The number of carbonyl (C=O) groups is 2. The second-order valence-electron chi connectivity index (χ2n) is 4.21. The Morgan fingerprint density at radius 3 is 2.62 bits per heavy atom. The van der Waals surface area contributed by atoms with E-state index in [4.69, 9.17) is 9.84 Å². The highest BCUT2D eigenvalue weighted by Gasteiger charge is 2.11. The van der Waals surface area contributed by atoms with E-state index in [9.17, 15) is 9.59 Å². The number of aliphatic carboxylic acids is 1. The Bertz CT molecular complexity index is 496. The number of hydrogen-bond acceptors (Lipinski definition) is 4. The molecule has 112 valence electrons. The van der Waals surface area contributed by atoms with Gasteiger partial charge in [-0.1, -0.05) is 24.3 Å². The number of carboxylic acids is 1. The lowest BCUT2D eigenvalue weighted by atomic mass is 10.2. The Morgan fingerprint density at radius 1 is 1.29 bits per heavy atom. The molecule has 4 nitrogen and oxygen atoms in total. The summed E-state index contributed by atoms with van der Waals surface area (Å²) in [7, 11) is 0. The van der Waals surface area contributed by atoms with Crippen molar-refractivity contribution in [3.63, 3.8) is 0 Å². The summed E-state index contributed by atoms with van der Waals surface area (Å²) in [4.78, 5) is 22.9. The summed E-state index contributed by atoms with van der Waals surface area (Å²) in [5, 5.41) is 8.45. The molecule has 21 heavy (non-hydrogen) atoms. The van der Waals surface area contributed by atoms with Crippen LogP contribution in [0.4, 0.5) is 0 Å². The molecule has 1 rings (SSSR count). The maximum atomic E-state index is 11.5. The Kier molecular flexibility index (Phi) is 7.97. The Morgan fingerprint density at radius 2 is 2.00 bits per heavy atom. The zero-order chi connectivity index (χ0) is 15.5. The number of thioether (sulfide) groups is 1. The van der Waals surface area contributed by atoms with Crippen LogP contribution in [0.1, 0.15) is 12.8 Å². The van der Waals surface area contributed by atoms with E-state index in [0.29, 0.717) is 12.8 Å². The summed E-state index contributed by atoms with van der Waals surface area (Å²) < 4.78 is 5.21. The van der Waals surface area contributed by atoms with E-state index in [1.165, 1.54) is 0 Å². The Hall–Kier alpha value is -2.01. The van der Waals surface area contributed by atoms with Crippen LogP contribution in [0.5, 0.6) is 0 Å². The molecular weight excluding hydrogens is 288 g/mol. The number of hydrogen-bond donors (Lipinski definition) is 1. The van der Waals surface area contributed by atoms with Crippen molar-refractivity contribution in [2.45, 2.75) is 23.8 Å². The average molecular weight is 306 g/mol. The van der Waals surface area contributed by atoms with Crippen LogP contribution in [0.3, 0.4) is 0 Å². The Labute approximate surface area is 128 Å². The molecule has 0 fully saturated rings. The first-order valence-electron chi connectivity index (χ1n) is 6.52. The van der Waals surface area contributed by atoms with E-state index in [2.05, 4.69) is 6.58 Å². The molecule has 0 spiro atoms. The normalized spacial score (nSPS) is 12.0. The van der Waals surface area contributed by atoms with Crippen LogP contribution in [-0.2, 0) is 14.3 Å². The summed E-state index contributed by atoms with van der Waals surface area (Å²) in [6, 6.07) is 9.95. The van der Waals surface area contributed by atoms with Crippen molar-refractivity contribution in [2.75, 3.05) is 5.75 Å². The molecule has 0 saturated carbocycles. The van der Waals surface area contributed by atoms with Gasteiger partial charge in [0.1, 0.15) is 6.10 Å². The molecule has 0 bridgehead atoms. The van der Waals surface area contributed by atoms with E-state index >= 15 is 0 Å². The fourth-order valence-corrected chi connectivity index (χ4v) is 2.54. The third kappa shape index (κ3) is 7.99. The largest absolute Gasteiger partial charge is 0.478 e. The van der Waals surface area contributed by atoms with E-state index in [0.717, 1.165) is 22.8 Å². The molecule has 1 unspecified atom stereocenters. The molecule has 1 N–H and O–H groups in total. The number of ether oxygens (including phenoxy) is 1. The molecule has 0 aromatic heterocycles. The lowest BCUT2D eigenvalue weighted by Crippen LogP contribution is -2.17. The third-order valence-corrected chi connectivity index (χ3v) is 3.57. The van der Waals surface area contributed by atoms with Gasteiger partial charge >= 0.3 is 11.9 Å². The van der Waals surface area contributed by atoms with Crippen LogP contribution in [0, 0.1) is 0 Å². The quantitative estimate of drug-likeness (QED) is 0.328. The zero-order valence-electron chi connectivity index (χ0n) is 11.6. The SMILES string of the molecule is C=CCC(CCSc1ccccc1)OC(=O)/C=C\C(=O)O. The fraction of sp³-hybridized carbons (Fsp3) is 0.250. The maximum Gasteiger partial charge on any atom is 0.331 e. The minimum atomic E-state index is -1.17. The third-order valence-electron chi connectivity index (χ3n) is 2.53. The molecule has 0 heterocycles. The lowest BCUT2D eigenvalue weighted by Gasteiger charge is -2.15. The van der Waals surface area contributed by atoms with Gasteiger partial charge in [-0.2, -0.15) is 0 Å². The number of carbonyl (C=O) groups excluding carboxylic acids is 1. The monoisotopic (exact) mass is 306 g/mol. The molecule has 1 atom stereocenters. The van der Waals surface area contributed by atoms with Crippen LogP contribution in [-0.4, -0.2) is 28.9 Å². The van der Waals surface area contributed by atoms with Gasteiger partial charge in [-0.05, 0) is 18.6 Å². The molecule has 0 saturated heterocycles. The van der Waals surface area contributed by atoms with Gasteiger partial charge in [0.15, 0.2) is 0 Å². The van der Waals surface area contributed by atoms with Crippen molar-refractivity contribution in [2.24, 2.45) is 0 Å². The van der Waals surface area contributed by atoms with E-state index in [1.54, 1.807) is 17.8 Å². The second kappa shape index (κ2) is 9.83. The summed E-state index contributed by atoms with van der Waals surface area (Å²) in [6.07, 6.45) is 4.31. The maximum absolute atomic E-state index is 11.5. The van der Waals surface area contributed by atoms with Gasteiger partial charge in [0.25, 0.3) is 0 Å². The highest BCUT2D eigenvalue weighted by Crippen LogP contribution is 2.20. The highest BCUT2D eigenvalue weighted by atomic mass is 32.2. The van der Waals surface area contributed by atoms with Crippen molar-refractivity contribution < 1.29 is 19.4 Å². The smallest absolute Gasteiger partial charge is 0.331 e. The predicted molar refractivity (Wildman–Crippen MR) is 83.3 cm³/mol. The van der Waals surface area contributed by atoms with Crippen LogP contribution in [0.25, 0.3) is 0 Å². The number of benzene rings is 1. The Balaban J connectivity index is 2.40. The summed E-state index contributed by atoms with van der Waals surface area (Å²) in [5.41, 5.74) is 0. The first-order chi connectivity index (χ1) is 10.1. The minimum absolute atomic E-state index is 0.287. The topological polar surface area (TPSA) is 63.6 Å². The highest BCUT2D eigenvalue weighted by molar-refractivity contribution is 7.99. The summed E-state index contributed by atoms with van der Waals surface area (Å²) in [6.45, 7) is 3.64. The van der Waals surface area contributed by atoms with Crippen LogP contribution in [0.15, 0.2) is 60.0 Å². The van der Waals surface area contributed by atoms with Crippen LogP contribution >= 0.6 is 11.8 Å². The molecular formula is C16H18O4S. The van der Waals surface area contributed by atoms with Gasteiger partial charge < -0.3 is 9.84 Å². The van der Waals surface area contributed by atoms with E-state index < -0.39 is 11.9 Å².